The van der Waals surface area contributed by atoms with E-state index in [2.05, 4.69) is 25.1 Å². The van der Waals surface area contributed by atoms with E-state index in [-0.39, 0.29) is 6.61 Å². The van der Waals surface area contributed by atoms with Gasteiger partial charge >= 0.3 is 0 Å². The zero-order valence-electron chi connectivity index (χ0n) is 9.50. The summed E-state index contributed by atoms with van der Waals surface area (Å²) in [6.45, 7) is 2.26. The smallest absolute Gasteiger partial charge is 0.0684 e. The molecule has 1 heteroatoms. The van der Waals surface area contributed by atoms with E-state index < -0.39 is 0 Å². The zero-order valence-corrected chi connectivity index (χ0v) is 9.50. The van der Waals surface area contributed by atoms with E-state index in [9.17, 15) is 0 Å². The number of benzene rings is 1. The van der Waals surface area contributed by atoms with Crippen molar-refractivity contribution < 1.29 is 5.11 Å². The molecule has 1 fully saturated rings. The average molecular weight is 204 g/mol. The van der Waals surface area contributed by atoms with Gasteiger partial charge in [-0.3, -0.25) is 0 Å². The normalized spacial score (nSPS) is 18.0. The first-order valence-electron chi connectivity index (χ1n) is 6.01. The first-order chi connectivity index (χ1) is 7.31. The second-order valence-electron chi connectivity index (χ2n) is 4.68. The largest absolute Gasteiger partial charge is 0.392 e. The van der Waals surface area contributed by atoms with E-state index in [0.717, 1.165) is 11.5 Å². The number of hydrogen-bond acceptors (Lipinski definition) is 1. The summed E-state index contributed by atoms with van der Waals surface area (Å²) in [6.07, 6.45) is 6.86. The lowest BCUT2D eigenvalue weighted by Crippen LogP contribution is -2.05. The molecule has 0 saturated heterocycles. The van der Waals surface area contributed by atoms with Gasteiger partial charge in [-0.05, 0) is 42.4 Å². The number of hydrogen-bond donors (Lipinski definition) is 1. The molecule has 0 heterocycles. The minimum absolute atomic E-state index is 0.163. The summed E-state index contributed by atoms with van der Waals surface area (Å²) in [5.41, 5.74) is 3.78. The molecule has 1 saturated carbocycles. The quantitative estimate of drug-likeness (QED) is 0.781. The topological polar surface area (TPSA) is 20.2 Å². The second-order valence-corrected chi connectivity index (χ2v) is 4.68. The number of aliphatic hydroxyl groups excluding tert-OH is 1. The van der Waals surface area contributed by atoms with Crippen molar-refractivity contribution in [3.8, 4) is 0 Å². The molecule has 82 valence electrons. The summed E-state index contributed by atoms with van der Waals surface area (Å²) in [4.78, 5) is 0. The van der Waals surface area contributed by atoms with Crippen LogP contribution in [0.4, 0.5) is 0 Å². The summed E-state index contributed by atoms with van der Waals surface area (Å²) >= 11 is 0. The van der Waals surface area contributed by atoms with Crippen LogP contribution in [0.25, 0.3) is 0 Å². The van der Waals surface area contributed by atoms with Gasteiger partial charge in [0.25, 0.3) is 0 Å². The van der Waals surface area contributed by atoms with Gasteiger partial charge in [-0.1, -0.05) is 37.5 Å². The SMILES string of the molecule is Cc1cc(C2CCCCC2)ccc1CO. The van der Waals surface area contributed by atoms with Crippen molar-refractivity contribution in [2.75, 3.05) is 0 Å². The molecule has 0 amide bonds. The maximum Gasteiger partial charge on any atom is 0.0684 e. The summed E-state index contributed by atoms with van der Waals surface area (Å²) in [7, 11) is 0. The standard InChI is InChI=1S/C14H20O/c1-11-9-13(7-8-14(11)10-15)12-5-3-2-4-6-12/h7-9,12,15H,2-6,10H2,1H3. The van der Waals surface area contributed by atoms with Crippen LogP contribution in [0.2, 0.25) is 0 Å². The third-order valence-corrected chi connectivity index (χ3v) is 3.61. The number of aliphatic hydroxyl groups is 1. The van der Waals surface area contributed by atoms with Gasteiger partial charge in [-0.2, -0.15) is 0 Å². The summed E-state index contributed by atoms with van der Waals surface area (Å²) in [5, 5.41) is 9.12. The van der Waals surface area contributed by atoms with Crippen molar-refractivity contribution in [1.82, 2.24) is 0 Å². The van der Waals surface area contributed by atoms with Crippen LogP contribution in [0.15, 0.2) is 18.2 Å². The Bertz CT molecular complexity index is 324. The van der Waals surface area contributed by atoms with Gasteiger partial charge in [-0.25, -0.2) is 0 Å². The monoisotopic (exact) mass is 204 g/mol. The molecule has 15 heavy (non-hydrogen) atoms. The molecule has 1 aromatic carbocycles. The molecular weight excluding hydrogens is 184 g/mol. The first-order valence-corrected chi connectivity index (χ1v) is 6.01. The summed E-state index contributed by atoms with van der Waals surface area (Å²) in [6, 6.07) is 6.55. The minimum Gasteiger partial charge on any atom is -0.392 e. The Morgan fingerprint density at radius 1 is 1.20 bits per heavy atom. The lowest BCUT2D eigenvalue weighted by molar-refractivity contribution is 0.281. The average Bonchev–Trinajstić information content (AvgIpc) is 2.30. The highest BCUT2D eigenvalue weighted by atomic mass is 16.3. The summed E-state index contributed by atoms with van der Waals surface area (Å²) in [5.74, 6) is 0.769. The van der Waals surface area contributed by atoms with Crippen LogP contribution in [0, 0.1) is 6.92 Å². The Hall–Kier alpha value is -0.820. The minimum atomic E-state index is 0.163. The van der Waals surface area contributed by atoms with Crippen molar-refractivity contribution in [2.24, 2.45) is 0 Å². The maximum atomic E-state index is 9.12. The molecule has 0 unspecified atom stereocenters. The second kappa shape index (κ2) is 4.80. The van der Waals surface area contributed by atoms with E-state index >= 15 is 0 Å². The predicted octanol–water partition coefficient (Wildman–Crippen LogP) is 3.54. The lowest BCUT2D eigenvalue weighted by atomic mass is 9.83. The third kappa shape index (κ3) is 2.40. The third-order valence-electron chi connectivity index (χ3n) is 3.61. The fourth-order valence-corrected chi connectivity index (χ4v) is 2.59. The lowest BCUT2D eigenvalue weighted by Gasteiger charge is -2.22. The molecule has 0 atom stereocenters. The van der Waals surface area contributed by atoms with Crippen LogP contribution in [-0.4, -0.2) is 5.11 Å². The fraction of sp³-hybridized carbons (Fsp3) is 0.571. The maximum absolute atomic E-state index is 9.12. The van der Waals surface area contributed by atoms with Crippen molar-refractivity contribution >= 4 is 0 Å². The molecule has 0 aliphatic heterocycles. The molecular formula is C14H20O. The van der Waals surface area contributed by atoms with Crippen LogP contribution in [0.5, 0.6) is 0 Å². The Morgan fingerprint density at radius 2 is 1.93 bits per heavy atom. The van der Waals surface area contributed by atoms with Gasteiger partial charge in [0.2, 0.25) is 0 Å². The van der Waals surface area contributed by atoms with Gasteiger partial charge < -0.3 is 5.11 Å². The van der Waals surface area contributed by atoms with Crippen LogP contribution in [-0.2, 0) is 6.61 Å². The zero-order chi connectivity index (χ0) is 10.7. The van der Waals surface area contributed by atoms with E-state index in [0.29, 0.717) is 0 Å². The molecule has 2 rings (SSSR count). The molecule has 1 N–H and O–H groups in total. The Kier molecular flexibility index (Phi) is 3.42. The molecule has 0 bridgehead atoms. The molecule has 0 spiro atoms. The Balaban J connectivity index is 2.17. The first kappa shape index (κ1) is 10.7. The predicted molar refractivity (Wildman–Crippen MR) is 62.9 cm³/mol. The van der Waals surface area contributed by atoms with Gasteiger partial charge in [0.05, 0.1) is 6.61 Å². The molecule has 1 nitrogen and oxygen atoms in total. The highest BCUT2D eigenvalue weighted by Gasteiger charge is 2.15. The molecule has 0 aromatic heterocycles. The van der Waals surface area contributed by atoms with Crippen molar-refractivity contribution in [3.05, 3.63) is 34.9 Å². The van der Waals surface area contributed by atoms with Gasteiger partial charge in [-0.15, -0.1) is 0 Å². The number of aryl methyl sites for hydroxylation is 1. The van der Waals surface area contributed by atoms with Crippen molar-refractivity contribution in [2.45, 2.75) is 51.6 Å². The van der Waals surface area contributed by atoms with Crippen LogP contribution in [0.3, 0.4) is 0 Å². The van der Waals surface area contributed by atoms with Gasteiger partial charge in [0.1, 0.15) is 0 Å². The van der Waals surface area contributed by atoms with E-state index in [1.54, 1.807) is 0 Å². The van der Waals surface area contributed by atoms with Crippen molar-refractivity contribution in [3.63, 3.8) is 0 Å². The van der Waals surface area contributed by atoms with E-state index in [4.69, 9.17) is 5.11 Å². The van der Waals surface area contributed by atoms with Crippen LogP contribution >= 0.6 is 0 Å². The molecule has 1 aliphatic rings. The highest BCUT2D eigenvalue weighted by molar-refractivity contribution is 5.32. The summed E-state index contributed by atoms with van der Waals surface area (Å²) < 4.78 is 0. The van der Waals surface area contributed by atoms with E-state index in [1.165, 1.54) is 43.2 Å². The Morgan fingerprint density at radius 3 is 2.53 bits per heavy atom. The van der Waals surface area contributed by atoms with Crippen molar-refractivity contribution in [1.29, 1.82) is 0 Å². The molecule has 1 aromatic rings. The number of rotatable bonds is 2. The molecule has 0 radical (unpaired) electrons. The van der Waals surface area contributed by atoms with Crippen LogP contribution in [0.1, 0.15) is 54.7 Å². The fourth-order valence-electron chi connectivity index (χ4n) is 2.59. The molecule has 1 aliphatic carbocycles. The van der Waals surface area contributed by atoms with Gasteiger partial charge in [0.15, 0.2) is 0 Å². The Labute approximate surface area is 92.1 Å². The van der Waals surface area contributed by atoms with Gasteiger partial charge in [0, 0.05) is 0 Å². The highest BCUT2D eigenvalue weighted by Crippen LogP contribution is 2.33. The van der Waals surface area contributed by atoms with Crippen LogP contribution < -0.4 is 0 Å². The van der Waals surface area contributed by atoms with E-state index in [1.807, 2.05) is 0 Å².